The molecule has 0 fully saturated rings. The van der Waals surface area contributed by atoms with Gasteiger partial charge in [0.2, 0.25) is 0 Å². The summed E-state index contributed by atoms with van der Waals surface area (Å²) in [6, 6.07) is 18.5. The predicted molar refractivity (Wildman–Crippen MR) is 194 cm³/mol. The fraction of sp³-hybridized carbons (Fsp3) is 0.538. The van der Waals surface area contributed by atoms with E-state index in [0.29, 0.717) is 26.4 Å². The second-order valence-electron chi connectivity index (χ2n) is 11.6. The van der Waals surface area contributed by atoms with Gasteiger partial charge in [-0.05, 0) is 70.4 Å². The lowest BCUT2D eigenvalue weighted by atomic mass is 9.81. The molecule has 0 aromatic heterocycles. The summed E-state index contributed by atoms with van der Waals surface area (Å²) in [5.41, 5.74) is 12.0. The third kappa shape index (κ3) is 8.62. The first kappa shape index (κ1) is 37.4. The van der Waals surface area contributed by atoms with Gasteiger partial charge in [0.05, 0.1) is 26.4 Å². The topological polar surface area (TPSA) is 46.6 Å². The highest BCUT2D eigenvalue weighted by atomic mass is 16.5. The van der Waals surface area contributed by atoms with Crippen molar-refractivity contribution in [1.29, 1.82) is 0 Å². The van der Waals surface area contributed by atoms with Crippen LogP contribution in [0.3, 0.4) is 0 Å². The van der Waals surface area contributed by atoms with Crippen LogP contribution in [0.5, 0.6) is 0 Å². The molecule has 254 valence electrons. The van der Waals surface area contributed by atoms with Crippen LogP contribution in [0.4, 0.5) is 17.1 Å². The van der Waals surface area contributed by atoms with E-state index >= 15 is 0 Å². The molecule has 0 aliphatic rings. The molecule has 3 aromatic rings. The molecule has 0 heterocycles. The summed E-state index contributed by atoms with van der Waals surface area (Å²) < 4.78 is 23.2. The number of nitrogens with zero attached hydrogens (tertiary/aromatic N) is 3. The lowest BCUT2D eigenvalue weighted by Gasteiger charge is -2.31. The molecule has 3 aromatic carbocycles. The van der Waals surface area contributed by atoms with Crippen LogP contribution in [-0.2, 0) is 45.4 Å². The molecule has 0 aliphatic heterocycles. The smallest absolute Gasteiger partial charge is 0.0733 e. The molecule has 0 aliphatic carbocycles. The Bertz CT molecular complexity index is 1200. The number of hydrogen-bond acceptors (Lipinski definition) is 7. The van der Waals surface area contributed by atoms with Crippen LogP contribution in [-0.4, -0.2) is 67.7 Å². The SMILES string of the molecule is CCN(CC)c1ccc(C(c2cc(COC)c(N(CC)CC)c(COC)c2)c2cc(COC)c(N(CC)CC)c(COC)c2)cc1. The lowest BCUT2D eigenvalue weighted by Crippen LogP contribution is -2.26. The monoisotopic (exact) mass is 633 g/mol. The van der Waals surface area contributed by atoms with Crippen LogP contribution in [0.1, 0.15) is 86.4 Å². The Morgan fingerprint density at radius 1 is 0.435 bits per heavy atom. The molecule has 0 saturated heterocycles. The third-order valence-corrected chi connectivity index (χ3v) is 8.96. The molecule has 0 atom stereocenters. The molecule has 0 amide bonds. The van der Waals surface area contributed by atoms with Gasteiger partial charge in [-0.3, -0.25) is 0 Å². The first-order valence-electron chi connectivity index (χ1n) is 17.0. The summed E-state index contributed by atoms with van der Waals surface area (Å²) in [6.45, 7) is 20.9. The molecule has 0 radical (unpaired) electrons. The normalized spacial score (nSPS) is 11.4. The van der Waals surface area contributed by atoms with Crippen LogP contribution in [0, 0.1) is 0 Å². The van der Waals surface area contributed by atoms with Crippen molar-refractivity contribution in [2.24, 2.45) is 0 Å². The summed E-state index contributed by atoms with van der Waals surface area (Å²) in [5.74, 6) is -0.0281. The Balaban J connectivity index is 2.42. The minimum absolute atomic E-state index is 0.0281. The van der Waals surface area contributed by atoms with Gasteiger partial charge in [0.25, 0.3) is 0 Å². The zero-order chi connectivity index (χ0) is 33.6. The van der Waals surface area contributed by atoms with E-state index in [1.807, 2.05) is 0 Å². The molecule has 46 heavy (non-hydrogen) atoms. The summed E-state index contributed by atoms with van der Waals surface area (Å²) in [6.07, 6.45) is 0. The highest BCUT2D eigenvalue weighted by molar-refractivity contribution is 5.66. The van der Waals surface area contributed by atoms with Crippen LogP contribution < -0.4 is 14.7 Å². The zero-order valence-corrected chi connectivity index (χ0v) is 30.2. The number of methoxy groups -OCH3 is 4. The van der Waals surface area contributed by atoms with Crippen molar-refractivity contribution < 1.29 is 18.9 Å². The second kappa shape index (κ2) is 18.9. The standard InChI is InChI=1S/C39H59N3O4/c1-11-40(12-2)36-19-17-29(18-20-36)37(30-21-32(25-43-7)38(41(13-3)14-4)33(22-30)26-44-8)31-23-34(27-45-9)39(42(15-5)16-6)35(24-31)28-46-10/h17-24,37H,11-16,25-28H2,1-10H3. The fourth-order valence-corrected chi connectivity index (χ4v) is 6.91. The van der Waals surface area contributed by atoms with Gasteiger partial charge in [-0.15, -0.1) is 0 Å². The van der Waals surface area contributed by atoms with Gasteiger partial charge in [-0.2, -0.15) is 0 Å². The predicted octanol–water partition coefficient (Wildman–Crippen LogP) is 7.99. The van der Waals surface area contributed by atoms with Gasteiger partial charge in [-0.1, -0.05) is 36.4 Å². The Kier molecular flexibility index (Phi) is 15.3. The highest BCUT2D eigenvalue weighted by Crippen LogP contribution is 2.41. The summed E-state index contributed by atoms with van der Waals surface area (Å²) >= 11 is 0. The molecule has 0 bridgehead atoms. The first-order chi connectivity index (χ1) is 22.4. The number of benzene rings is 3. The van der Waals surface area contributed by atoms with Crippen LogP contribution in [0.15, 0.2) is 48.5 Å². The first-order valence-corrected chi connectivity index (χ1v) is 17.0. The van der Waals surface area contributed by atoms with Gasteiger partial charge in [0.1, 0.15) is 0 Å². The minimum Gasteiger partial charge on any atom is -0.380 e. The van der Waals surface area contributed by atoms with Crippen molar-refractivity contribution in [1.82, 2.24) is 0 Å². The Morgan fingerprint density at radius 2 is 0.739 bits per heavy atom. The maximum atomic E-state index is 5.81. The number of hydrogen-bond donors (Lipinski definition) is 0. The fourth-order valence-electron chi connectivity index (χ4n) is 6.91. The summed E-state index contributed by atoms with van der Waals surface area (Å²) in [4.78, 5) is 7.20. The van der Waals surface area contributed by atoms with E-state index in [0.717, 1.165) is 39.3 Å². The Labute approximate surface area is 279 Å². The molecular weight excluding hydrogens is 574 g/mol. The molecule has 0 N–H and O–H groups in total. The minimum atomic E-state index is -0.0281. The van der Waals surface area contributed by atoms with E-state index in [9.17, 15) is 0 Å². The van der Waals surface area contributed by atoms with E-state index < -0.39 is 0 Å². The molecule has 0 unspecified atom stereocenters. The molecular formula is C39H59N3O4. The van der Waals surface area contributed by atoms with E-state index in [-0.39, 0.29) is 5.92 Å². The van der Waals surface area contributed by atoms with Crippen molar-refractivity contribution in [3.8, 4) is 0 Å². The summed E-state index contributed by atoms with van der Waals surface area (Å²) in [5, 5.41) is 0. The molecule has 0 saturated carbocycles. The van der Waals surface area contributed by atoms with Crippen LogP contribution >= 0.6 is 0 Å². The largest absolute Gasteiger partial charge is 0.380 e. The van der Waals surface area contributed by atoms with E-state index in [2.05, 4.69) is 105 Å². The number of anilines is 3. The quantitative estimate of drug-likeness (QED) is 0.117. The van der Waals surface area contributed by atoms with E-state index in [1.165, 1.54) is 56.0 Å². The van der Waals surface area contributed by atoms with Gasteiger partial charge < -0.3 is 33.6 Å². The second-order valence-corrected chi connectivity index (χ2v) is 11.6. The maximum absolute atomic E-state index is 5.81. The number of ether oxygens (including phenoxy) is 4. The summed E-state index contributed by atoms with van der Waals surface area (Å²) in [7, 11) is 7.10. The van der Waals surface area contributed by atoms with E-state index in [1.54, 1.807) is 28.4 Å². The average Bonchev–Trinajstić information content (AvgIpc) is 3.06. The Morgan fingerprint density at radius 3 is 1.00 bits per heavy atom. The third-order valence-electron chi connectivity index (χ3n) is 8.96. The molecule has 3 rings (SSSR count). The highest BCUT2D eigenvalue weighted by Gasteiger charge is 2.25. The van der Waals surface area contributed by atoms with Crippen molar-refractivity contribution in [2.45, 2.75) is 73.9 Å². The zero-order valence-electron chi connectivity index (χ0n) is 30.2. The average molecular weight is 634 g/mol. The molecule has 0 spiro atoms. The van der Waals surface area contributed by atoms with Gasteiger partial charge >= 0.3 is 0 Å². The van der Waals surface area contributed by atoms with Gasteiger partial charge in [0.15, 0.2) is 0 Å². The van der Waals surface area contributed by atoms with E-state index in [4.69, 9.17) is 18.9 Å². The molecule has 7 nitrogen and oxygen atoms in total. The van der Waals surface area contributed by atoms with Crippen LogP contribution in [0.25, 0.3) is 0 Å². The lowest BCUT2D eigenvalue weighted by molar-refractivity contribution is 0.180. The van der Waals surface area contributed by atoms with Crippen molar-refractivity contribution in [2.75, 3.05) is 82.4 Å². The molecule has 7 heteroatoms. The van der Waals surface area contributed by atoms with Crippen LogP contribution in [0.2, 0.25) is 0 Å². The van der Waals surface area contributed by atoms with Crippen molar-refractivity contribution in [3.05, 3.63) is 87.5 Å². The maximum Gasteiger partial charge on any atom is 0.0733 e. The van der Waals surface area contributed by atoms with Crippen molar-refractivity contribution in [3.63, 3.8) is 0 Å². The van der Waals surface area contributed by atoms with Crippen molar-refractivity contribution >= 4 is 17.1 Å². The van der Waals surface area contributed by atoms with Gasteiger partial charge in [-0.25, -0.2) is 0 Å². The Hall–Kier alpha value is -3.10. The van der Waals surface area contributed by atoms with Gasteiger partial charge in [0, 0.05) is 113 Å². The number of rotatable bonds is 20.